The molecule has 0 aliphatic carbocycles. The van der Waals surface area contributed by atoms with Gasteiger partial charge in [-0.1, -0.05) is 0 Å². The molecule has 1 aromatic heterocycles. The maximum absolute atomic E-state index is 12.0. The van der Waals surface area contributed by atoms with Crippen LogP contribution in [-0.4, -0.2) is 40.2 Å². The van der Waals surface area contributed by atoms with Crippen molar-refractivity contribution < 1.29 is 10.2 Å². The zero-order chi connectivity index (χ0) is 15.1. The number of aromatic nitrogens is 2. The summed E-state index contributed by atoms with van der Waals surface area (Å²) in [4.78, 5) is 25.0. The van der Waals surface area contributed by atoms with Crippen LogP contribution in [0.4, 0.5) is 11.4 Å². The molecule has 2 N–H and O–H groups in total. The van der Waals surface area contributed by atoms with E-state index in [2.05, 4.69) is 5.32 Å². The summed E-state index contributed by atoms with van der Waals surface area (Å²) in [5, 5.41) is 13.6. The Hall–Kier alpha value is -2.35. The van der Waals surface area contributed by atoms with Crippen molar-refractivity contribution in [3.05, 3.63) is 32.7 Å². The highest BCUT2D eigenvalue weighted by atomic mass is 16.6. The number of benzene rings is 1. The van der Waals surface area contributed by atoms with Gasteiger partial charge in [0, 0.05) is 20.2 Å². The summed E-state index contributed by atoms with van der Waals surface area (Å²) in [6, 6.07) is 3.27. The number of anilines is 1. The molecule has 112 valence electrons. The molecule has 0 saturated carbocycles. The molecule has 21 heavy (non-hydrogen) atoms. The van der Waals surface area contributed by atoms with Crippen LogP contribution in [0.5, 0.6) is 0 Å². The molecule has 0 bridgehead atoms. The van der Waals surface area contributed by atoms with E-state index in [9.17, 15) is 14.9 Å². The number of nitro benzene ring substituents is 1. The summed E-state index contributed by atoms with van der Waals surface area (Å²) >= 11 is 0. The third-order valence-corrected chi connectivity index (χ3v) is 4.11. The summed E-state index contributed by atoms with van der Waals surface area (Å²) < 4.78 is 2.97. The first-order chi connectivity index (χ1) is 10.0. The number of imidazole rings is 1. The number of nitro groups is 1. The number of rotatable bonds is 2. The summed E-state index contributed by atoms with van der Waals surface area (Å²) in [6.45, 7) is 3.38. The molecule has 1 aliphatic rings. The van der Waals surface area contributed by atoms with E-state index in [1.165, 1.54) is 15.2 Å². The molecule has 0 amide bonds. The zero-order valence-electron chi connectivity index (χ0n) is 12.1. The number of quaternary nitrogens is 1. The maximum atomic E-state index is 12.0. The normalized spacial score (nSPS) is 15.6. The van der Waals surface area contributed by atoms with Crippen LogP contribution >= 0.6 is 0 Å². The number of hydrogen-bond acceptors (Lipinski definition) is 4. The molecule has 0 atom stereocenters. The second kappa shape index (κ2) is 4.88. The second-order valence-corrected chi connectivity index (χ2v) is 5.34. The molecule has 0 spiro atoms. The zero-order valence-corrected chi connectivity index (χ0v) is 12.1. The smallest absolute Gasteiger partial charge is 0.328 e. The van der Waals surface area contributed by atoms with Gasteiger partial charge in [0.25, 0.3) is 5.69 Å². The third-order valence-electron chi connectivity index (χ3n) is 4.11. The Kier molecular flexibility index (Phi) is 3.17. The molecule has 3 rings (SSSR count). The molecule has 2 aromatic rings. The van der Waals surface area contributed by atoms with Gasteiger partial charge in [-0.05, 0) is 6.07 Å². The van der Waals surface area contributed by atoms with Crippen molar-refractivity contribution in [1.82, 2.24) is 9.13 Å². The molecule has 1 aromatic carbocycles. The Morgan fingerprint density at radius 1 is 1.14 bits per heavy atom. The predicted octanol–water partition coefficient (Wildman–Crippen LogP) is -0.831. The number of fused-ring (bicyclic) bond motifs is 1. The van der Waals surface area contributed by atoms with Crippen LogP contribution in [0.2, 0.25) is 0 Å². The molecule has 0 unspecified atom stereocenters. The predicted molar refractivity (Wildman–Crippen MR) is 78.7 cm³/mol. The third kappa shape index (κ3) is 2.07. The van der Waals surface area contributed by atoms with E-state index in [-0.39, 0.29) is 16.3 Å². The van der Waals surface area contributed by atoms with Gasteiger partial charge in [-0.25, -0.2) is 4.79 Å². The summed E-state index contributed by atoms with van der Waals surface area (Å²) in [5.41, 5.74) is 1.79. The first-order valence-corrected chi connectivity index (χ1v) is 6.91. The molecule has 1 fully saturated rings. The largest absolute Gasteiger partial charge is 0.355 e. The van der Waals surface area contributed by atoms with Gasteiger partial charge in [0.2, 0.25) is 0 Å². The molecule has 2 heterocycles. The van der Waals surface area contributed by atoms with Crippen LogP contribution in [0.15, 0.2) is 16.9 Å². The first-order valence-electron chi connectivity index (χ1n) is 6.91. The molecule has 1 aliphatic heterocycles. The van der Waals surface area contributed by atoms with E-state index < -0.39 is 0 Å². The van der Waals surface area contributed by atoms with Gasteiger partial charge in [-0.15, -0.1) is 0 Å². The van der Waals surface area contributed by atoms with Crippen molar-refractivity contribution >= 4 is 22.4 Å². The first kappa shape index (κ1) is 13.6. The Morgan fingerprint density at radius 2 is 1.71 bits per heavy atom. The highest BCUT2D eigenvalue weighted by Gasteiger charge is 2.25. The number of nitrogens with two attached hydrogens (primary N) is 1. The van der Waals surface area contributed by atoms with E-state index in [1.54, 1.807) is 20.2 Å². The Labute approximate surface area is 120 Å². The highest BCUT2D eigenvalue weighted by molar-refractivity contribution is 5.86. The monoisotopic (exact) mass is 292 g/mol. The minimum atomic E-state index is -0.370. The fourth-order valence-electron chi connectivity index (χ4n) is 2.91. The number of nitrogens with zero attached hydrogens (tertiary/aromatic N) is 4. The van der Waals surface area contributed by atoms with E-state index in [0.717, 1.165) is 31.7 Å². The van der Waals surface area contributed by atoms with Crippen LogP contribution in [0.25, 0.3) is 11.0 Å². The fraction of sp³-hybridized carbons (Fsp3) is 0.462. The molecular formula is C13H18N5O3+. The number of piperazine rings is 1. The number of aryl methyl sites for hydroxylation is 2. The summed E-state index contributed by atoms with van der Waals surface area (Å²) in [5.74, 6) is 0. The van der Waals surface area contributed by atoms with Crippen molar-refractivity contribution in [1.29, 1.82) is 0 Å². The van der Waals surface area contributed by atoms with E-state index >= 15 is 0 Å². The van der Waals surface area contributed by atoms with Gasteiger partial charge in [0.1, 0.15) is 5.69 Å². The Morgan fingerprint density at radius 3 is 2.29 bits per heavy atom. The van der Waals surface area contributed by atoms with Crippen LogP contribution in [0, 0.1) is 10.1 Å². The minimum absolute atomic E-state index is 0.0607. The van der Waals surface area contributed by atoms with Gasteiger partial charge in [-0.2, -0.15) is 0 Å². The van der Waals surface area contributed by atoms with Gasteiger partial charge >= 0.3 is 5.69 Å². The minimum Gasteiger partial charge on any atom is -0.355 e. The fourth-order valence-corrected chi connectivity index (χ4v) is 2.91. The average Bonchev–Trinajstić information content (AvgIpc) is 2.71. The second-order valence-electron chi connectivity index (χ2n) is 5.34. The Balaban J connectivity index is 2.26. The maximum Gasteiger partial charge on any atom is 0.328 e. The summed E-state index contributed by atoms with van der Waals surface area (Å²) in [6.07, 6.45) is 0. The summed E-state index contributed by atoms with van der Waals surface area (Å²) in [7, 11) is 3.31. The lowest BCUT2D eigenvalue weighted by molar-refractivity contribution is -0.655. The van der Waals surface area contributed by atoms with Crippen molar-refractivity contribution in [2.45, 2.75) is 0 Å². The molecule has 1 saturated heterocycles. The van der Waals surface area contributed by atoms with Crippen molar-refractivity contribution in [2.75, 3.05) is 31.1 Å². The quantitative estimate of drug-likeness (QED) is 0.578. The highest BCUT2D eigenvalue weighted by Crippen LogP contribution is 2.32. The topological polar surface area (TPSA) is 89.9 Å². The Bertz CT molecular complexity index is 770. The van der Waals surface area contributed by atoms with Gasteiger partial charge in [-0.3, -0.25) is 19.2 Å². The van der Waals surface area contributed by atoms with Crippen molar-refractivity contribution in [2.24, 2.45) is 14.1 Å². The van der Waals surface area contributed by atoms with Crippen LogP contribution in [0.3, 0.4) is 0 Å². The van der Waals surface area contributed by atoms with Crippen LogP contribution in [0.1, 0.15) is 0 Å². The van der Waals surface area contributed by atoms with Crippen LogP contribution < -0.4 is 15.9 Å². The standard InChI is InChI=1S/C13H17N5O3/c1-15-9-7-11(17-5-3-14-4-6-17)12(18(20)21)8-10(9)16(2)13(15)19/h7-8,14H,3-6H2,1-2H3/p+1. The lowest BCUT2D eigenvalue weighted by atomic mass is 10.2. The van der Waals surface area contributed by atoms with Gasteiger partial charge < -0.3 is 10.2 Å². The molecule has 8 nitrogen and oxygen atoms in total. The SMILES string of the molecule is Cn1c(=O)n(C)c2cc([N+](=O)[O-])c(N3CC[NH2+]CC3)cc21. The number of hydrogen-bond donors (Lipinski definition) is 1. The molecular weight excluding hydrogens is 274 g/mol. The average molecular weight is 292 g/mol. The van der Waals surface area contributed by atoms with Crippen LogP contribution in [-0.2, 0) is 14.1 Å². The van der Waals surface area contributed by atoms with Gasteiger partial charge in [0.05, 0.1) is 42.1 Å². The molecule has 0 radical (unpaired) electrons. The van der Waals surface area contributed by atoms with Crippen molar-refractivity contribution in [3.8, 4) is 0 Å². The molecule has 8 heteroatoms. The van der Waals surface area contributed by atoms with E-state index in [0.29, 0.717) is 11.2 Å². The van der Waals surface area contributed by atoms with E-state index in [1.807, 2.05) is 4.90 Å². The van der Waals surface area contributed by atoms with Gasteiger partial charge in [0.15, 0.2) is 0 Å². The lowest BCUT2D eigenvalue weighted by Gasteiger charge is -2.27. The van der Waals surface area contributed by atoms with Crippen molar-refractivity contribution in [3.63, 3.8) is 0 Å². The van der Waals surface area contributed by atoms with E-state index in [4.69, 9.17) is 0 Å². The lowest BCUT2D eigenvalue weighted by Crippen LogP contribution is -2.89.